The van der Waals surface area contributed by atoms with Crippen LogP contribution >= 0.6 is 0 Å². The van der Waals surface area contributed by atoms with Gasteiger partial charge in [0.05, 0.1) is 6.10 Å². The monoisotopic (exact) mass is 466 g/mol. The lowest BCUT2D eigenvalue weighted by Gasteiger charge is -2.23. The second-order valence-electron chi connectivity index (χ2n) is 11.7. The first-order valence-corrected chi connectivity index (χ1v) is 13.8. The summed E-state index contributed by atoms with van der Waals surface area (Å²) >= 11 is 0. The number of hydrogen-bond acceptors (Lipinski definition) is 1. The van der Waals surface area contributed by atoms with E-state index in [-0.39, 0.29) is 10.3 Å². The van der Waals surface area contributed by atoms with Gasteiger partial charge in [-0.3, -0.25) is 0 Å². The Kier molecular flexibility index (Phi) is 18.0. The van der Waals surface area contributed by atoms with Crippen molar-refractivity contribution in [3.8, 4) is 0 Å². The molecule has 1 saturated heterocycles. The zero-order valence-electron chi connectivity index (χ0n) is 23.0. The molecular weight excluding hydrogens is 400 g/mol. The highest BCUT2D eigenvalue weighted by atomic mass is 16.5. The van der Waals surface area contributed by atoms with Crippen LogP contribution in [0, 0.1) is 43.4 Å². The highest BCUT2D eigenvalue weighted by Gasteiger charge is 2.14. The molecule has 4 rings (SSSR count). The Bertz CT molecular complexity index is 451. The zero-order valence-corrected chi connectivity index (χ0v) is 23.0. The van der Waals surface area contributed by atoms with Gasteiger partial charge in [-0.25, -0.2) is 0 Å². The topological polar surface area (TPSA) is 9.23 Å². The average Bonchev–Trinajstić information content (AvgIpc) is 2.78. The predicted molar refractivity (Wildman–Crippen MR) is 154 cm³/mol. The van der Waals surface area contributed by atoms with Crippen LogP contribution in [0.5, 0.6) is 0 Å². The lowest BCUT2D eigenvalue weighted by molar-refractivity contribution is 0.000267. The summed E-state index contributed by atoms with van der Waals surface area (Å²) in [4.78, 5) is 0. The standard InChI is InChI=1S/2C8H16.C8H10.C7H14O.CH4.2H2/c3*1-7-3-5-8(2)6-4-7;1-6-3-4-7(2)8-5-6;;;/h2*7-8H,3-6H2,1-2H3;3-6H,1-2H3;6-7H,3-5H2,1-2H3;1H4;2*1H/i;;;;;1+1;. The van der Waals surface area contributed by atoms with Crippen molar-refractivity contribution in [3.05, 3.63) is 35.4 Å². The summed E-state index contributed by atoms with van der Waals surface area (Å²) in [5, 5.41) is 0. The summed E-state index contributed by atoms with van der Waals surface area (Å²) < 4.78 is 5.39. The van der Waals surface area contributed by atoms with Crippen molar-refractivity contribution in [3.63, 3.8) is 0 Å². The minimum atomic E-state index is 0. The van der Waals surface area contributed by atoms with Crippen LogP contribution in [0.1, 0.15) is 127 Å². The molecular formula is C32H64O. The van der Waals surface area contributed by atoms with Crippen LogP contribution in [0.3, 0.4) is 0 Å². The van der Waals surface area contributed by atoms with E-state index in [1.807, 2.05) is 0 Å². The third kappa shape index (κ3) is 17.3. The Labute approximate surface area is 212 Å². The van der Waals surface area contributed by atoms with Crippen molar-refractivity contribution in [1.29, 1.82) is 0 Å². The molecule has 2 atom stereocenters. The van der Waals surface area contributed by atoms with Gasteiger partial charge in [0.1, 0.15) is 0 Å². The van der Waals surface area contributed by atoms with Crippen molar-refractivity contribution < 1.29 is 7.59 Å². The molecule has 2 saturated carbocycles. The van der Waals surface area contributed by atoms with Crippen molar-refractivity contribution in [1.82, 2.24) is 0 Å². The van der Waals surface area contributed by atoms with E-state index in [1.54, 1.807) is 0 Å². The summed E-state index contributed by atoms with van der Waals surface area (Å²) in [5.41, 5.74) is 2.66. The number of benzene rings is 1. The third-order valence-corrected chi connectivity index (χ3v) is 7.56. The van der Waals surface area contributed by atoms with Gasteiger partial charge >= 0.3 is 0 Å². The highest BCUT2D eigenvalue weighted by molar-refractivity contribution is 5.19. The Hall–Kier alpha value is -0.820. The molecule has 3 aliphatic rings. The Morgan fingerprint density at radius 2 is 0.818 bits per heavy atom. The highest BCUT2D eigenvalue weighted by Crippen LogP contribution is 2.28. The van der Waals surface area contributed by atoms with Crippen LogP contribution in [0.2, 0.25) is 0 Å². The maximum atomic E-state index is 5.39. The summed E-state index contributed by atoms with van der Waals surface area (Å²) in [5.74, 6) is 4.88. The van der Waals surface area contributed by atoms with Crippen LogP contribution in [0.25, 0.3) is 0 Å². The van der Waals surface area contributed by atoms with Crippen molar-refractivity contribution >= 4 is 0 Å². The van der Waals surface area contributed by atoms with E-state index in [4.69, 9.17) is 4.74 Å². The molecule has 0 radical (unpaired) electrons. The fourth-order valence-corrected chi connectivity index (χ4v) is 4.50. The first-order chi connectivity index (χ1) is 15.2. The van der Waals surface area contributed by atoms with E-state index in [2.05, 4.69) is 79.7 Å². The van der Waals surface area contributed by atoms with E-state index >= 15 is 0 Å². The van der Waals surface area contributed by atoms with E-state index < -0.39 is 0 Å². The Morgan fingerprint density at radius 1 is 0.545 bits per heavy atom. The molecule has 2 aliphatic carbocycles. The minimum Gasteiger partial charge on any atom is -0.378 e. The van der Waals surface area contributed by atoms with Gasteiger partial charge in [0.25, 0.3) is 0 Å². The summed E-state index contributed by atoms with van der Waals surface area (Å²) in [6, 6.07) is 8.48. The quantitative estimate of drug-likeness (QED) is 0.370. The fraction of sp³-hybridized carbons (Fsp3) is 0.812. The van der Waals surface area contributed by atoms with Crippen LogP contribution < -0.4 is 0 Å². The van der Waals surface area contributed by atoms with Crippen LogP contribution in [0.4, 0.5) is 0 Å². The van der Waals surface area contributed by atoms with E-state index in [0.29, 0.717) is 6.10 Å². The van der Waals surface area contributed by atoms with E-state index in [1.165, 1.54) is 75.3 Å². The van der Waals surface area contributed by atoms with Gasteiger partial charge in [-0.05, 0) is 63.2 Å². The molecule has 2 unspecified atom stereocenters. The Morgan fingerprint density at radius 3 is 1.03 bits per heavy atom. The maximum Gasteiger partial charge on any atom is 0.0547 e. The number of aryl methyl sites for hydroxylation is 2. The zero-order chi connectivity index (χ0) is 23.9. The minimum absolute atomic E-state index is 0. The maximum absolute atomic E-state index is 5.39. The molecule has 1 nitrogen and oxygen atoms in total. The van der Waals surface area contributed by atoms with Crippen LogP contribution in [0.15, 0.2) is 24.3 Å². The molecule has 0 aromatic heterocycles. The molecule has 33 heavy (non-hydrogen) atoms. The predicted octanol–water partition coefficient (Wildman–Crippen LogP) is 10.9. The second-order valence-corrected chi connectivity index (χ2v) is 11.7. The van der Waals surface area contributed by atoms with Crippen LogP contribution in [-0.4, -0.2) is 12.7 Å². The molecule has 1 heteroatoms. The van der Waals surface area contributed by atoms with Crippen molar-refractivity contribution in [2.24, 2.45) is 29.6 Å². The van der Waals surface area contributed by atoms with Crippen molar-refractivity contribution in [2.45, 2.75) is 133 Å². The summed E-state index contributed by atoms with van der Waals surface area (Å²) in [6.07, 6.45) is 14.9. The number of hydrogen-bond donors (Lipinski definition) is 0. The normalized spacial score (nSPS) is 31.2. The molecule has 0 bridgehead atoms. The molecule has 1 heterocycles. The van der Waals surface area contributed by atoms with Gasteiger partial charge in [0.15, 0.2) is 0 Å². The van der Waals surface area contributed by atoms with E-state index in [9.17, 15) is 0 Å². The molecule has 0 spiro atoms. The van der Waals surface area contributed by atoms with Crippen LogP contribution in [-0.2, 0) is 4.74 Å². The van der Waals surface area contributed by atoms with Gasteiger partial charge in [-0.2, -0.15) is 0 Å². The van der Waals surface area contributed by atoms with Gasteiger partial charge in [-0.1, -0.05) is 129 Å². The summed E-state index contributed by atoms with van der Waals surface area (Å²) in [6.45, 7) is 19.0. The largest absolute Gasteiger partial charge is 0.378 e. The lowest BCUT2D eigenvalue weighted by atomic mass is 9.84. The summed E-state index contributed by atoms with van der Waals surface area (Å²) in [7, 11) is 0. The van der Waals surface area contributed by atoms with Gasteiger partial charge in [-0.15, -0.1) is 0 Å². The molecule has 0 N–H and O–H groups in total. The van der Waals surface area contributed by atoms with Crippen molar-refractivity contribution in [2.75, 3.05) is 6.61 Å². The smallest absolute Gasteiger partial charge is 0.0547 e. The molecule has 0 amide bonds. The second kappa shape index (κ2) is 18.5. The molecule has 1 aliphatic heterocycles. The third-order valence-electron chi connectivity index (χ3n) is 7.56. The lowest BCUT2D eigenvalue weighted by Crippen LogP contribution is -2.21. The van der Waals surface area contributed by atoms with Gasteiger partial charge in [0, 0.05) is 9.46 Å². The van der Waals surface area contributed by atoms with E-state index in [0.717, 1.165) is 36.2 Å². The SMILES string of the molecule is C.CC1CCC(C)CC1.CC1CCC(C)CC1.CC1CCC(C)OC1.Cc1ccc(C)cc1.[2HH].[HH]. The first-order valence-electron chi connectivity index (χ1n) is 13.8. The average molecular weight is 466 g/mol. The molecule has 1 aromatic rings. The van der Waals surface area contributed by atoms with Gasteiger partial charge in [0.2, 0.25) is 0 Å². The Balaban J connectivity index is -0.000000379. The molecule has 1 aromatic carbocycles. The number of rotatable bonds is 0. The molecule has 198 valence electrons. The number of ether oxygens (including phenoxy) is 1. The van der Waals surface area contributed by atoms with Gasteiger partial charge < -0.3 is 4.74 Å². The fourth-order valence-electron chi connectivity index (χ4n) is 4.50. The molecule has 3 fully saturated rings. The first kappa shape index (κ1) is 32.2.